The highest BCUT2D eigenvalue weighted by Crippen LogP contribution is 1.92. The zero-order valence-electron chi connectivity index (χ0n) is 7.21. The number of sulfonamides is 1. The first-order chi connectivity index (χ1) is 5.48. The fourth-order valence-electron chi connectivity index (χ4n) is 0.507. The van der Waals surface area contributed by atoms with Crippen LogP contribution < -0.4 is 4.72 Å². The molecule has 0 saturated carbocycles. The first-order valence-corrected chi connectivity index (χ1v) is 5.67. The van der Waals surface area contributed by atoms with E-state index in [1.54, 1.807) is 6.92 Å². The van der Waals surface area contributed by atoms with Gasteiger partial charge in [0.15, 0.2) is 0 Å². The Kier molecular flexibility index (Phi) is 5.82. The lowest BCUT2D eigenvalue weighted by atomic mass is 10.5. The predicted octanol–water partition coefficient (Wildman–Crippen LogP) is 0.179. The number of hydrogen-bond donors (Lipinski definition) is 1. The van der Waals surface area contributed by atoms with Crippen LogP contribution in [0.2, 0.25) is 0 Å². The third-order valence-electron chi connectivity index (χ3n) is 1.14. The number of rotatable bonds is 6. The van der Waals surface area contributed by atoms with Crippen molar-refractivity contribution in [1.82, 2.24) is 4.72 Å². The van der Waals surface area contributed by atoms with Gasteiger partial charge in [-0.15, -0.1) is 11.6 Å². The third kappa shape index (κ3) is 6.84. The molecule has 0 aliphatic carbocycles. The molecular weight excluding hydrogens is 202 g/mol. The lowest BCUT2D eigenvalue weighted by molar-refractivity contribution is 0.217. The van der Waals surface area contributed by atoms with Crippen molar-refractivity contribution in [2.24, 2.45) is 0 Å². The van der Waals surface area contributed by atoms with E-state index in [-0.39, 0.29) is 24.3 Å². The molecule has 0 aliphatic heterocycles. The minimum Gasteiger partial charge on any atom is -0.384 e. The number of ether oxygens (including phenoxy) is 1. The molecule has 0 fully saturated rings. The van der Waals surface area contributed by atoms with E-state index < -0.39 is 10.0 Å². The van der Waals surface area contributed by atoms with Crippen LogP contribution >= 0.6 is 11.6 Å². The van der Waals surface area contributed by atoms with Gasteiger partial charge in [-0.3, -0.25) is 0 Å². The second kappa shape index (κ2) is 5.75. The average Bonchev–Trinajstić information content (AvgIpc) is 1.98. The van der Waals surface area contributed by atoms with Gasteiger partial charge in [-0.25, -0.2) is 13.1 Å². The van der Waals surface area contributed by atoms with Gasteiger partial charge >= 0.3 is 0 Å². The van der Waals surface area contributed by atoms with E-state index in [0.717, 1.165) is 0 Å². The summed E-state index contributed by atoms with van der Waals surface area (Å²) in [4.78, 5) is 0. The van der Waals surface area contributed by atoms with E-state index in [2.05, 4.69) is 9.46 Å². The van der Waals surface area contributed by atoms with Crippen molar-refractivity contribution >= 4 is 21.6 Å². The highest BCUT2D eigenvalue weighted by molar-refractivity contribution is 7.89. The molecule has 0 aromatic rings. The zero-order valence-corrected chi connectivity index (χ0v) is 8.78. The van der Waals surface area contributed by atoms with Gasteiger partial charge in [0.25, 0.3) is 0 Å². The van der Waals surface area contributed by atoms with Crippen LogP contribution in [-0.2, 0) is 14.8 Å². The van der Waals surface area contributed by atoms with Gasteiger partial charge < -0.3 is 4.74 Å². The molecule has 0 heterocycles. The fraction of sp³-hybridized carbons (Fsp3) is 1.00. The average molecular weight is 216 g/mol. The number of alkyl halides is 1. The summed E-state index contributed by atoms with van der Waals surface area (Å²) in [6.45, 7) is 2.18. The standard InChI is InChI=1S/C6H14ClNO3S/c1-6(7)5-8-12(9,10)4-3-11-2/h6,8H,3-5H2,1-2H3. The smallest absolute Gasteiger partial charge is 0.213 e. The topological polar surface area (TPSA) is 55.4 Å². The number of hydrogen-bond acceptors (Lipinski definition) is 3. The molecule has 0 aliphatic rings. The van der Waals surface area contributed by atoms with Gasteiger partial charge in [-0.1, -0.05) is 0 Å². The zero-order chi connectivity index (χ0) is 9.61. The molecule has 0 aromatic carbocycles. The van der Waals surface area contributed by atoms with Crippen LogP contribution in [0.1, 0.15) is 6.92 Å². The Bertz CT molecular complexity index is 203. The van der Waals surface area contributed by atoms with Crippen LogP contribution in [0.5, 0.6) is 0 Å². The van der Waals surface area contributed by atoms with Gasteiger partial charge in [-0.05, 0) is 6.92 Å². The summed E-state index contributed by atoms with van der Waals surface area (Å²) in [5, 5.41) is -0.192. The van der Waals surface area contributed by atoms with Crippen molar-refractivity contribution in [2.75, 3.05) is 26.0 Å². The predicted molar refractivity (Wildman–Crippen MR) is 49.0 cm³/mol. The van der Waals surface area contributed by atoms with E-state index in [9.17, 15) is 8.42 Å². The SMILES string of the molecule is COCCS(=O)(=O)NCC(C)Cl. The molecule has 1 N–H and O–H groups in total. The van der Waals surface area contributed by atoms with E-state index >= 15 is 0 Å². The normalized spacial score (nSPS) is 14.6. The van der Waals surface area contributed by atoms with Crippen LogP contribution in [0.15, 0.2) is 0 Å². The lowest BCUT2D eigenvalue weighted by Gasteiger charge is -2.06. The highest BCUT2D eigenvalue weighted by atomic mass is 35.5. The summed E-state index contributed by atoms with van der Waals surface area (Å²) in [6, 6.07) is 0. The molecule has 0 spiro atoms. The highest BCUT2D eigenvalue weighted by Gasteiger charge is 2.09. The molecule has 0 rings (SSSR count). The first-order valence-electron chi connectivity index (χ1n) is 3.58. The largest absolute Gasteiger partial charge is 0.384 e. The molecule has 0 saturated heterocycles. The Morgan fingerprint density at radius 1 is 1.58 bits per heavy atom. The molecule has 1 unspecified atom stereocenters. The Hall–Kier alpha value is 0.160. The fourth-order valence-corrected chi connectivity index (χ4v) is 1.71. The summed E-state index contributed by atoms with van der Waals surface area (Å²) >= 11 is 5.56. The van der Waals surface area contributed by atoms with Crippen molar-refractivity contribution in [3.63, 3.8) is 0 Å². The van der Waals surface area contributed by atoms with E-state index in [4.69, 9.17) is 11.6 Å². The molecule has 0 radical (unpaired) electrons. The number of halogens is 1. The summed E-state index contributed by atoms with van der Waals surface area (Å²) in [7, 11) is -1.74. The Labute approximate surface area is 78.3 Å². The minimum atomic E-state index is -3.20. The van der Waals surface area contributed by atoms with Crippen molar-refractivity contribution in [2.45, 2.75) is 12.3 Å². The molecule has 4 nitrogen and oxygen atoms in total. The van der Waals surface area contributed by atoms with Crippen LogP contribution in [0.25, 0.3) is 0 Å². The summed E-state index contributed by atoms with van der Waals surface area (Å²) in [6.07, 6.45) is 0. The summed E-state index contributed by atoms with van der Waals surface area (Å²) in [5.74, 6) is -0.0207. The molecule has 74 valence electrons. The minimum absolute atomic E-state index is 0.0207. The van der Waals surface area contributed by atoms with Crippen molar-refractivity contribution in [1.29, 1.82) is 0 Å². The maximum Gasteiger partial charge on any atom is 0.213 e. The van der Waals surface area contributed by atoms with E-state index in [0.29, 0.717) is 0 Å². The Morgan fingerprint density at radius 3 is 2.58 bits per heavy atom. The maximum atomic E-state index is 11.0. The van der Waals surface area contributed by atoms with Gasteiger partial charge in [0, 0.05) is 19.0 Å². The molecule has 0 amide bonds. The Morgan fingerprint density at radius 2 is 2.17 bits per heavy atom. The van der Waals surface area contributed by atoms with Crippen LogP contribution in [-0.4, -0.2) is 39.8 Å². The van der Waals surface area contributed by atoms with Gasteiger partial charge in [-0.2, -0.15) is 0 Å². The van der Waals surface area contributed by atoms with Crippen molar-refractivity contribution in [3.05, 3.63) is 0 Å². The number of nitrogens with one attached hydrogen (secondary N) is 1. The van der Waals surface area contributed by atoms with Gasteiger partial charge in [0.1, 0.15) is 0 Å². The van der Waals surface area contributed by atoms with Gasteiger partial charge in [0.2, 0.25) is 10.0 Å². The Balaban J connectivity index is 3.73. The molecule has 12 heavy (non-hydrogen) atoms. The first kappa shape index (κ1) is 12.2. The maximum absolute atomic E-state index is 11.0. The van der Waals surface area contributed by atoms with Crippen molar-refractivity contribution in [3.8, 4) is 0 Å². The monoisotopic (exact) mass is 215 g/mol. The van der Waals surface area contributed by atoms with Crippen molar-refractivity contribution < 1.29 is 13.2 Å². The molecule has 1 atom stereocenters. The number of methoxy groups -OCH3 is 1. The van der Waals surface area contributed by atoms with Crippen LogP contribution in [0.4, 0.5) is 0 Å². The second-order valence-corrected chi connectivity index (χ2v) is 5.11. The van der Waals surface area contributed by atoms with Crippen LogP contribution in [0.3, 0.4) is 0 Å². The quantitative estimate of drug-likeness (QED) is 0.644. The lowest BCUT2D eigenvalue weighted by Crippen LogP contribution is -2.32. The molecule has 0 bridgehead atoms. The molecule has 6 heteroatoms. The summed E-state index contributed by atoms with van der Waals surface area (Å²) < 4.78 is 29.1. The van der Waals surface area contributed by atoms with E-state index in [1.807, 2.05) is 0 Å². The molecular formula is C6H14ClNO3S. The van der Waals surface area contributed by atoms with Crippen LogP contribution in [0, 0.1) is 0 Å². The molecule has 0 aromatic heterocycles. The van der Waals surface area contributed by atoms with E-state index in [1.165, 1.54) is 7.11 Å². The summed E-state index contributed by atoms with van der Waals surface area (Å²) in [5.41, 5.74) is 0. The third-order valence-corrected chi connectivity index (χ3v) is 2.61. The van der Waals surface area contributed by atoms with Gasteiger partial charge in [0.05, 0.1) is 12.4 Å². The second-order valence-electron chi connectivity index (χ2n) is 2.44.